The molecule has 0 spiro atoms. The highest BCUT2D eigenvalue weighted by Crippen LogP contribution is 2.28. The maximum atomic E-state index is 12.6. The Bertz CT molecular complexity index is 780. The van der Waals surface area contributed by atoms with Gasteiger partial charge in [-0.1, -0.05) is 0 Å². The van der Waals surface area contributed by atoms with Crippen LogP contribution in [0.1, 0.15) is 29.8 Å². The van der Waals surface area contributed by atoms with E-state index in [1.54, 1.807) is 44.6 Å². The van der Waals surface area contributed by atoms with Crippen LogP contribution in [0.4, 0.5) is 0 Å². The monoisotopic (exact) mass is 356 g/mol. The summed E-state index contributed by atoms with van der Waals surface area (Å²) >= 11 is 0. The number of carbonyl (C=O) groups excluding carboxylic acids is 1. The summed E-state index contributed by atoms with van der Waals surface area (Å²) in [5.41, 5.74) is 1.28. The largest absolute Gasteiger partial charge is 0.497 e. The van der Waals surface area contributed by atoms with Crippen LogP contribution in [0.3, 0.4) is 0 Å². The van der Waals surface area contributed by atoms with Crippen LogP contribution < -0.4 is 18.9 Å². The van der Waals surface area contributed by atoms with Gasteiger partial charge in [0.1, 0.15) is 23.0 Å². The molecular formula is C21H24O5. The molecule has 0 radical (unpaired) electrons. The van der Waals surface area contributed by atoms with Crippen molar-refractivity contribution in [2.45, 2.75) is 13.8 Å². The fourth-order valence-electron chi connectivity index (χ4n) is 2.42. The van der Waals surface area contributed by atoms with Gasteiger partial charge in [0.05, 0.1) is 33.0 Å². The molecule has 0 aliphatic carbocycles. The Morgan fingerprint density at radius 1 is 0.885 bits per heavy atom. The van der Waals surface area contributed by atoms with Crippen LogP contribution in [0.2, 0.25) is 0 Å². The van der Waals surface area contributed by atoms with Crippen LogP contribution in [-0.4, -0.2) is 33.2 Å². The summed E-state index contributed by atoms with van der Waals surface area (Å²) in [6, 6.07) is 10.6. The lowest BCUT2D eigenvalue weighted by Gasteiger charge is -2.10. The predicted molar refractivity (Wildman–Crippen MR) is 102 cm³/mol. The maximum absolute atomic E-state index is 12.6. The highest BCUT2D eigenvalue weighted by atomic mass is 16.5. The standard InChI is InChI=1S/C21H24O5/c1-5-25-20-13-16(23-3)9-7-15(20)8-12-19(22)18-11-10-17(24-4)14-21(18)26-6-2/h7-14H,5-6H2,1-4H3. The smallest absolute Gasteiger partial charge is 0.189 e. The Hall–Kier alpha value is -2.95. The molecule has 0 atom stereocenters. The number of benzene rings is 2. The van der Waals surface area contributed by atoms with Gasteiger partial charge in [0.15, 0.2) is 5.78 Å². The summed E-state index contributed by atoms with van der Waals surface area (Å²) in [5, 5.41) is 0. The van der Waals surface area contributed by atoms with Crippen molar-refractivity contribution >= 4 is 11.9 Å². The molecule has 0 bridgehead atoms. The van der Waals surface area contributed by atoms with E-state index in [-0.39, 0.29) is 5.78 Å². The number of ketones is 1. The van der Waals surface area contributed by atoms with Gasteiger partial charge in [0, 0.05) is 17.7 Å². The summed E-state index contributed by atoms with van der Waals surface area (Å²) in [6.45, 7) is 4.76. The average Bonchev–Trinajstić information content (AvgIpc) is 2.67. The molecule has 0 heterocycles. The molecular weight excluding hydrogens is 332 g/mol. The van der Waals surface area contributed by atoms with E-state index in [2.05, 4.69) is 0 Å². The van der Waals surface area contributed by atoms with Crippen LogP contribution >= 0.6 is 0 Å². The van der Waals surface area contributed by atoms with Crippen molar-refractivity contribution in [1.82, 2.24) is 0 Å². The summed E-state index contributed by atoms with van der Waals surface area (Å²) in [4.78, 5) is 12.6. The maximum Gasteiger partial charge on any atom is 0.189 e. The van der Waals surface area contributed by atoms with Crippen molar-refractivity contribution in [3.8, 4) is 23.0 Å². The van der Waals surface area contributed by atoms with Crippen molar-refractivity contribution in [3.63, 3.8) is 0 Å². The van der Waals surface area contributed by atoms with E-state index in [4.69, 9.17) is 18.9 Å². The van der Waals surface area contributed by atoms with E-state index < -0.39 is 0 Å². The molecule has 0 N–H and O–H groups in total. The molecule has 0 amide bonds. The van der Waals surface area contributed by atoms with E-state index in [1.165, 1.54) is 6.08 Å². The Morgan fingerprint density at radius 2 is 1.46 bits per heavy atom. The first-order valence-corrected chi connectivity index (χ1v) is 8.47. The second-order valence-electron chi connectivity index (χ2n) is 5.33. The van der Waals surface area contributed by atoms with E-state index in [0.717, 1.165) is 5.56 Å². The first-order chi connectivity index (χ1) is 12.6. The molecule has 0 fully saturated rings. The number of allylic oxidation sites excluding steroid dienone is 1. The number of hydrogen-bond donors (Lipinski definition) is 0. The Kier molecular flexibility index (Phi) is 7.09. The molecule has 5 heteroatoms. The third-order valence-electron chi connectivity index (χ3n) is 3.69. The van der Waals surface area contributed by atoms with Crippen LogP contribution in [0.5, 0.6) is 23.0 Å². The van der Waals surface area contributed by atoms with Crippen LogP contribution in [0.25, 0.3) is 6.08 Å². The summed E-state index contributed by atoms with van der Waals surface area (Å²) in [6.07, 6.45) is 3.24. The van der Waals surface area contributed by atoms with Crippen LogP contribution in [0.15, 0.2) is 42.5 Å². The summed E-state index contributed by atoms with van der Waals surface area (Å²) < 4.78 is 21.6. The lowest BCUT2D eigenvalue weighted by Crippen LogP contribution is -2.02. The minimum absolute atomic E-state index is 0.158. The van der Waals surface area contributed by atoms with Gasteiger partial charge in [0.25, 0.3) is 0 Å². The molecule has 0 saturated carbocycles. The lowest BCUT2D eigenvalue weighted by atomic mass is 10.1. The van der Waals surface area contributed by atoms with Gasteiger partial charge in [-0.3, -0.25) is 4.79 Å². The van der Waals surface area contributed by atoms with E-state index >= 15 is 0 Å². The van der Waals surface area contributed by atoms with Crippen molar-refractivity contribution in [1.29, 1.82) is 0 Å². The van der Waals surface area contributed by atoms with Gasteiger partial charge < -0.3 is 18.9 Å². The minimum atomic E-state index is -0.158. The Balaban J connectivity index is 2.29. The molecule has 2 aromatic carbocycles. The molecule has 5 nitrogen and oxygen atoms in total. The number of carbonyl (C=O) groups is 1. The SMILES string of the molecule is CCOc1cc(OC)ccc1C=CC(=O)c1ccc(OC)cc1OCC. The Morgan fingerprint density at radius 3 is 2.08 bits per heavy atom. The van der Waals surface area contributed by atoms with Gasteiger partial charge in [-0.25, -0.2) is 0 Å². The fourth-order valence-corrected chi connectivity index (χ4v) is 2.42. The normalized spacial score (nSPS) is 10.6. The van der Waals surface area contributed by atoms with E-state index in [1.807, 2.05) is 26.0 Å². The predicted octanol–water partition coefficient (Wildman–Crippen LogP) is 4.40. The van der Waals surface area contributed by atoms with Gasteiger partial charge in [-0.05, 0) is 50.3 Å². The number of hydrogen-bond acceptors (Lipinski definition) is 5. The van der Waals surface area contributed by atoms with Crippen molar-refractivity contribution in [3.05, 3.63) is 53.6 Å². The zero-order valence-electron chi connectivity index (χ0n) is 15.6. The number of methoxy groups -OCH3 is 2. The molecule has 0 aliphatic heterocycles. The van der Waals surface area contributed by atoms with Crippen LogP contribution in [0, 0.1) is 0 Å². The van der Waals surface area contributed by atoms with Crippen LogP contribution in [-0.2, 0) is 0 Å². The zero-order chi connectivity index (χ0) is 18.9. The van der Waals surface area contributed by atoms with Gasteiger partial charge >= 0.3 is 0 Å². The number of rotatable bonds is 9. The van der Waals surface area contributed by atoms with Crippen molar-refractivity contribution < 1.29 is 23.7 Å². The quantitative estimate of drug-likeness (QED) is 0.492. The highest BCUT2D eigenvalue weighted by Gasteiger charge is 2.12. The first kappa shape index (κ1) is 19.4. The molecule has 2 aromatic rings. The van der Waals surface area contributed by atoms with Crippen molar-refractivity contribution in [2.75, 3.05) is 27.4 Å². The molecule has 0 aromatic heterocycles. The third-order valence-corrected chi connectivity index (χ3v) is 3.69. The topological polar surface area (TPSA) is 54.0 Å². The summed E-state index contributed by atoms with van der Waals surface area (Å²) in [5.74, 6) is 2.35. The van der Waals surface area contributed by atoms with E-state index in [9.17, 15) is 4.79 Å². The number of ether oxygens (including phenoxy) is 4. The highest BCUT2D eigenvalue weighted by molar-refractivity contribution is 6.08. The Labute approximate surface area is 154 Å². The van der Waals surface area contributed by atoms with Gasteiger partial charge in [-0.15, -0.1) is 0 Å². The molecule has 138 valence electrons. The third kappa shape index (κ3) is 4.79. The van der Waals surface area contributed by atoms with E-state index in [0.29, 0.717) is 41.8 Å². The fraction of sp³-hybridized carbons (Fsp3) is 0.286. The van der Waals surface area contributed by atoms with Gasteiger partial charge in [-0.2, -0.15) is 0 Å². The first-order valence-electron chi connectivity index (χ1n) is 8.47. The summed E-state index contributed by atoms with van der Waals surface area (Å²) in [7, 11) is 3.18. The molecule has 26 heavy (non-hydrogen) atoms. The second kappa shape index (κ2) is 9.51. The molecule has 0 aliphatic rings. The second-order valence-corrected chi connectivity index (χ2v) is 5.33. The van der Waals surface area contributed by atoms with Gasteiger partial charge in [0.2, 0.25) is 0 Å². The lowest BCUT2D eigenvalue weighted by molar-refractivity contribution is 0.104. The van der Waals surface area contributed by atoms with Crippen molar-refractivity contribution in [2.24, 2.45) is 0 Å². The minimum Gasteiger partial charge on any atom is -0.497 e. The molecule has 0 unspecified atom stereocenters. The zero-order valence-corrected chi connectivity index (χ0v) is 15.6. The molecule has 0 saturated heterocycles. The molecule has 2 rings (SSSR count). The average molecular weight is 356 g/mol.